The lowest BCUT2D eigenvalue weighted by molar-refractivity contribution is -0.126. The van der Waals surface area contributed by atoms with Crippen LogP contribution in [0.15, 0.2) is 59.7 Å². The summed E-state index contributed by atoms with van der Waals surface area (Å²) >= 11 is 0. The van der Waals surface area contributed by atoms with Gasteiger partial charge in [0, 0.05) is 45.6 Å². The molecule has 4 rings (SSSR count). The minimum absolute atomic E-state index is 0.0658. The lowest BCUT2D eigenvalue weighted by Gasteiger charge is -2.35. The highest BCUT2D eigenvalue weighted by Gasteiger charge is 2.30. The number of nitrogens with zero attached hydrogens (tertiary/aromatic N) is 4. The number of rotatable bonds is 6. The largest absolute Gasteiger partial charge is 0.492 e. The maximum absolute atomic E-state index is 13.0. The van der Waals surface area contributed by atoms with Gasteiger partial charge in [0.1, 0.15) is 18.1 Å². The molecule has 1 saturated heterocycles. The van der Waals surface area contributed by atoms with Crippen LogP contribution in [0, 0.1) is 6.92 Å². The zero-order valence-corrected chi connectivity index (χ0v) is 17.9. The molecule has 0 unspecified atom stereocenters. The van der Waals surface area contributed by atoms with Crippen molar-refractivity contribution in [2.75, 3.05) is 44.3 Å². The molecule has 0 saturated carbocycles. The van der Waals surface area contributed by atoms with Crippen LogP contribution in [0.5, 0.6) is 5.75 Å². The normalized spacial score (nSPS) is 17.5. The molecule has 7 nitrogen and oxygen atoms in total. The number of anilines is 1. The van der Waals surface area contributed by atoms with Crippen molar-refractivity contribution in [3.05, 3.63) is 60.2 Å². The SMILES string of the molecule is Cc1ccc(OCCN2CCN(C(=O)C3=NN(c4ccccc4)C(=O)CC3)CC2)cc1. The first kappa shape index (κ1) is 21.1. The van der Waals surface area contributed by atoms with Crippen LogP contribution in [-0.4, -0.2) is 66.7 Å². The number of ether oxygens (including phenoxy) is 1. The Morgan fingerprint density at radius 2 is 1.68 bits per heavy atom. The second kappa shape index (κ2) is 9.75. The van der Waals surface area contributed by atoms with Crippen molar-refractivity contribution >= 4 is 23.2 Å². The van der Waals surface area contributed by atoms with Gasteiger partial charge in [0.25, 0.3) is 5.91 Å². The molecule has 2 heterocycles. The van der Waals surface area contributed by atoms with Crippen molar-refractivity contribution in [2.24, 2.45) is 5.10 Å². The minimum Gasteiger partial charge on any atom is -0.492 e. The van der Waals surface area contributed by atoms with Crippen molar-refractivity contribution in [1.82, 2.24) is 9.80 Å². The lowest BCUT2D eigenvalue weighted by atomic mass is 10.1. The fraction of sp³-hybridized carbons (Fsp3) is 0.375. The van der Waals surface area contributed by atoms with Gasteiger partial charge < -0.3 is 9.64 Å². The van der Waals surface area contributed by atoms with Crippen LogP contribution in [-0.2, 0) is 9.59 Å². The summed E-state index contributed by atoms with van der Waals surface area (Å²) in [4.78, 5) is 29.4. The molecule has 0 spiro atoms. The van der Waals surface area contributed by atoms with E-state index in [0.717, 1.165) is 25.4 Å². The van der Waals surface area contributed by atoms with Gasteiger partial charge in [0.15, 0.2) is 0 Å². The standard InChI is InChI=1S/C24H28N4O3/c1-19-7-9-21(10-8-19)31-18-17-26-13-15-27(16-14-26)24(30)22-11-12-23(29)28(25-22)20-5-3-2-4-6-20/h2-10H,11-18H2,1H3. The minimum atomic E-state index is -0.0823. The molecule has 2 aliphatic rings. The average Bonchev–Trinajstić information content (AvgIpc) is 2.81. The average molecular weight is 421 g/mol. The monoisotopic (exact) mass is 420 g/mol. The summed E-state index contributed by atoms with van der Waals surface area (Å²) in [7, 11) is 0. The molecule has 0 bridgehead atoms. The molecule has 2 aliphatic heterocycles. The number of amides is 2. The molecule has 0 atom stereocenters. The van der Waals surface area contributed by atoms with E-state index >= 15 is 0 Å². The van der Waals surface area contributed by atoms with Gasteiger partial charge in [-0.2, -0.15) is 5.10 Å². The molecular formula is C24H28N4O3. The third-order valence-corrected chi connectivity index (χ3v) is 5.64. The Hall–Kier alpha value is -3.19. The van der Waals surface area contributed by atoms with E-state index in [-0.39, 0.29) is 11.8 Å². The first-order valence-corrected chi connectivity index (χ1v) is 10.8. The summed E-state index contributed by atoms with van der Waals surface area (Å²) in [5.74, 6) is 0.734. The van der Waals surface area contributed by atoms with Gasteiger partial charge >= 0.3 is 0 Å². The highest BCUT2D eigenvalue weighted by Crippen LogP contribution is 2.20. The summed E-state index contributed by atoms with van der Waals surface area (Å²) in [5, 5.41) is 5.75. The zero-order valence-electron chi connectivity index (χ0n) is 17.9. The van der Waals surface area contributed by atoms with E-state index in [9.17, 15) is 9.59 Å². The van der Waals surface area contributed by atoms with E-state index < -0.39 is 0 Å². The van der Waals surface area contributed by atoms with Crippen LogP contribution in [0.2, 0.25) is 0 Å². The first-order valence-electron chi connectivity index (χ1n) is 10.8. The van der Waals surface area contributed by atoms with E-state index in [4.69, 9.17) is 4.74 Å². The molecule has 7 heteroatoms. The van der Waals surface area contributed by atoms with Gasteiger partial charge in [-0.25, -0.2) is 5.01 Å². The Labute approximate surface area is 182 Å². The van der Waals surface area contributed by atoms with Crippen molar-refractivity contribution in [3.63, 3.8) is 0 Å². The quantitative estimate of drug-likeness (QED) is 0.721. The van der Waals surface area contributed by atoms with Gasteiger partial charge in [0.2, 0.25) is 5.91 Å². The number of benzene rings is 2. The summed E-state index contributed by atoms with van der Waals surface area (Å²) in [5.41, 5.74) is 2.36. The highest BCUT2D eigenvalue weighted by molar-refractivity contribution is 6.40. The van der Waals surface area contributed by atoms with Crippen molar-refractivity contribution in [1.29, 1.82) is 0 Å². The smallest absolute Gasteiger partial charge is 0.270 e. The topological polar surface area (TPSA) is 65.5 Å². The molecule has 0 aliphatic carbocycles. The maximum atomic E-state index is 13.0. The molecule has 31 heavy (non-hydrogen) atoms. The van der Waals surface area contributed by atoms with E-state index in [0.29, 0.717) is 43.9 Å². The second-order valence-corrected chi connectivity index (χ2v) is 7.88. The number of carbonyl (C=O) groups excluding carboxylic acids is 2. The number of hydrogen-bond donors (Lipinski definition) is 0. The zero-order chi connectivity index (χ0) is 21.6. The molecule has 0 aromatic heterocycles. The number of hydrazone groups is 1. The predicted molar refractivity (Wildman–Crippen MR) is 120 cm³/mol. The van der Waals surface area contributed by atoms with Crippen LogP contribution in [0.3, 0.4) is 0 Å². The highest BCUT2D eigenvalue weighted by atomic mass is 16.5. The van der Waals surface area contributed by atoms with E-state index in [1.165, 1.54) is 10.6 Å². The van der Waals surface area contributed by atoms with E-state index in [1.807, 2.05) is 59.5 Å². The summed E-state index contributed by atoms with van der Waals surface area (Å²) < 4.78 is 5.82. The third kappa shape index (κ3) is 5.30. The summed E-state index contributed by atoms with van der Waals surface area (Å²) in [6.45, 7) is 6.42. The van der Waals surface area contributed by atoms with Gasteiger partial charge in [-0.15, -0.1) is 0 Å². The fourth-order valence-electron chi connectivity index (χ4n) is 3.76. The van der Waals surface area contributed by atoms with Crippen LogP contribution in [0.4, 0.5) is 5.69 Å². The van der Waals surface area contributed by atoms with E-state index in [1.54, 1.807) is 0 Å². The van der Waals surface area contributed by atoms with Crippen LogP contribution in [0.25, 0.3) is 0 Å². The lowest BCUT2D eigenvalue weighted by Crippen LogP contribution is -2.52. The molecule has 0 N–H and O–H groups in total. The van der Waals surface area contributed by atoms with Crippen LogP contribution in [0.1, 0.15) is 18.4 Å². The number of aryl methyl sites for hydroxylation is 1. The van der Waals surface area contributed by atoms with Gasteiger partial charge in [-0.3, -0.25) is 14.5 Å². The molecule has 2 amide bonds. The molecule has 2 aromatic rings. The molecule has 162 valence electrons. The Kier molecular flexibility index (Phi) is 6.62. The fourth-order valence-corrected chi connectivity index (χ4v) is 3.76. The summed E-state index contributed by atoms with van der Waals surface area (Å²) in [6.07, 6.45) is 0.696. The Bertz CT molecular complexity index is 935. The van der Waals surface area contributed by atoms with Gasteiger partial charge in [-0.05, 0) is 31.2 Å². The Morgan fingerprint density at radius 1 is 0.968 bits per heavy atom. The Morgan fingerprint density at radius 3 is 2.39 bits per heavy atom. The molecular weight excluding hydrogens is 392 g/mol. The number of hydrogen-bond acceptors (Lipinski definition) is 5. The van der Waals surface area contributed by atoms with Crippen LogP contribution < -0.4 is 9.75 Å². The van der Waals surface area contributed by atoms with Crippen LogP contribution >= 0.6 is 0 Å². The number of carbonyl (C=O) groups is 2. The maximum Gasteiger partial charge on any atom is 0.270 e. The van der Waals surface area contributed by atoms with E-state index in [2.05, 4.69) is 16.9 Å². The number of para-hydroxylation sites is 1. The molecule has 0 radical (unpaired) electrons. The second-order valence-electron chi connectivity index (χ2n) is 7.88. The van der Waals surface area contributed by atoms with Gasteiger partial charge in [0.05, 0.1) is 5.69 Å². The molecule has 2 aromatic carbocycles. The Balaban J connectivity index is 1.27. The van der Waals surface area contributed by atoms with Crippen molar-refractivity contribution in [3.8, 4) is 5.75 Å². The van der Waals surface area contributed by atoms with Gasteiger partial charge in [-0.1, -0.05) is 35.9 Å². The van der Waals surface area contributed by atoms with Crippen molar-refractivity contribution in [2.45, 2.75) is 19.8 Å². The predicted octanol–water partition coefficient (Wildman–Crippen LogP) is 2.70. The first-order chi connectivity index (χ1) is 15.1. The van der Waals surface area contributed by atoms with Crippen molar-refractivity contribution < 1.29 is 14.3 Å². The molecule has 1 fully saturated rings. The number of piperazine rings is 1. The third-order valence-electron chi connectivity index (χ3n) is 5.64. The summed E-state index contributed by atoms with van der Waals surface area (Å²) in [6, 6.07) is 17.3.